The van der Waals surface area contributed by atoms with Crippen molar-refractivity contribution in [3.05, 3.63) is 0 Å². The second-order valence-electron chi connectivity index (χ2n) is 5.30. The topological polar surface area (TPSA) is 27.3 Å². The van der Waals surface area contributed by atoms with E-state index in [9.17, 15) is 0 Å². The Morgan fingerprint density at radius 1 is 1.19 bits per heavy atom. The largest absolute Gasteiger partial charge is 0.313 e. The van der Waals surface area contributed by atoms with Gasteiger partial charge in [-0.25, -0.2) is 0 Å². The lowest BCUT2D eigenvalue weighted by Crippen LogP contribution is -2.46. The molecule has 2 aliphatic rings. The Labute approximate surface area is 102 Å². The van der Waals surface area contributed by atoms with Crippen LogP contribution in [0.5, 0.6) is 0 Å². The van der Waals surface area contributed by atoms with Crippen LogP contribution in [0.1, 0.15) is 32.1 Å². The lowest BCUT2D eigenvalue weighted by atomic mass is 9.96. The Morgan fingerprint density at radius 3 is 2.62 bits per heavy atom. The Balaban J connectivity index is 1.64. The minimum Gasteiger partial charge on any atom is -0.313 e. The summed E-state index contributed by atoms with van der Waals surface area (Å²) in [5, 5.41) is 6.86. The van der Waals surface area contributed by atoms with Crippen LogP contribution in [0, 0.1) is 5.92 Å². The maximum absolute atomic E-state index is 3.65. The van der Waals surface area contributed by atoms with Gasteiger partial charge in [-0.3, -0.25) is 0 Å². The quantitative estimate of drug-likeness (QED) is 0.727. The van der Waals surface area contributed by atoms with Crippen LogP contribution in [-0.2, 0) is 0 Å². The van der Waals surface area contributed by atoms with E-state index in [1.165, 1.54) is 64.8 Å². The summed E-state index contributed by atoms with van der Waals surface area (Å²) in [5.41, 5.74) is 0. The first-order valence-corrected chi connectivity index (χ1v) is 7.35. The van der Waals surface area contributed by atoms with Crippen molar-refractivity contribution < 1.29 is 0 Å². The van der Waals surface area contributed by atoms with Crippen LogP contribution in [-0.4, -0.2) is 43.7 Å². The molecule has 4 heteroatoms. The first-order valence-electron chi connectivity index (χ1n) is 6.77. The van der Waals surface area contributed by atoms with Crippen LogP contribution in [0.4, 0.5) is 0 Å². The first-order chi connectivity index (χ1) is 7.88. The third-order valence-corrected chi connectivity index (χ3v) is 4.24. The maximum Gasteiger partial charge on any atom is 0.0195 e. The van der Waals surface area contributed by atoms with E-state index in [1.807, 2.05) is 0 Å². The summed E-state index contributed by atoms with van der Waals surface area (Å²) in [6, 6.07) is 0.769. The van der Waals surface area contributed by atoms with Crippen LogP contribution in [0.3, 0.4) is 0 Å². The van der Waals surface area contributed by atoms with E-state index < -0.39 is 0 Å². The van der Waals surface area contributed by atoms with Gasteiger partial charge in [0.1, 0.15) is 0 Å². The molecule has 2 aliphatic heterocycles. The summed E-state index contributed by atoms with van der Waals surface area (Å²) in [7, 11) is 2.62. The number of hydrogen-bond acceptors (Lipinski definition) is 3. The third-order valence-electron chi connectivity index (χ3n) is 4.00. The summed E-state index contributed by atoms with van der Waals surface area (Å²) in [6.07, 6.45) is 6.92. The zero-order valence-electron chi connectivity index (χ0n) is 10.3. The highest BCUT2D eigenvalue weighted by atomic mass is 31.0. The monoisotopic (exact) mass is 243 g/mol. The first kappa shape index (κ1) is 12.8. The van der Waals surface area contributed by atoms with Gasteiger partial charge in [0.2, 0.25) is 0 Å². The highest BCUT2D eigenvalue weighted by Crippen LogP contribution is 2.18. The fourth-order valence-corrected chi connectivity index (χ4v) is 3.26. The number of hydrogen-bond donors (Lipinski definition) is 2. The van der Waals surface area contributed by atoms with E-state index in [2.05, 4.69) is 24.7 Å². The standard InChI is InChI=1S/C12H26N3P/c16-14-9-11-4-7-15(8-5-11)10-12-3-1-2-6-13-12/h11-14H,1-10,16H2. The normalized spacial score (nSPS) is 29.4. The Bertz CT molecular complexity index is 187. The third kappa shape index (κ3) is 3.96. The molecule has 0 aliphatic carbocycles. The van der Waals surface area contributed by atoms with E-state index in [1.54, 1.807) is 0 Å². The van der Waals surface area contributed by atoms with E-state index >= 15 is 0 Å². The second kappa shape index (κ2) is 6.90. The van der Waals surface area contributed by atoms with Gasteiger partial charge in [-0.05, 0) is 51.2 Å². The van der Waals surface area contributed by atoms with Gasteiger partial charge in [-0.1, -0.05) is 15.8 Å². The molecule has 0 saturated carbocycles. The molecule has 2 saturated heterocycles. The SMILES string of the molecule is PNCC1CCN(CC2CCCCN2)CC1. The zero-order valence-corrected chi connectivity index (χ0v) is 11.4. The van der Waals surface area contributed by atoms with Crippen LogP contribution < -0.4 is 10.4 Å². The van der Waals surface area contributed by atoms with Crippen LogP contribution in [0.15, 0.2) is 0 Å². The van der Waals surface area contributed by atoms with E-state index in [-0.39, 0.29) is 0 Å². The minimum atomic E-state index is 0.769. The van der Waals surface area contributed by atoms with Gasteiger partial charge < -0.3 is 15.3 Å². The Kier molecular flexibility index (Phi) is 5.51. The average molecular weight is 243 g/mol. The van der Waals surface area contributed by atoms with Gasteiger partial charge in [-0.2, -0.15) is 0 Å². The molecule has 2 fully saturated rings. The summed E-state index contributed by atoms with van der Waals surface area (Å²) < 4.78 is 0. The van der Waals surface area contributed by atoms with Crippen molar-refractivity contribution in [1.29, 1.82) is 0 Å². The van der Waals surface area contributed by atoms with Crippen LogP contribution in [0.25, 0.3) is 0 Å². The van der Waals surface area contributed by atoms with Gasteiger partial charge in [-0.15, -0.1) is 0 Å². The van der Waals surface area contributed by atoms with Gasteiger partial charge in [0.05, 0.1) is 0 Å². The molecule has 0 amide bonds. The predicted molar refractivity (Wildman–Crippen MR) is 72.5 cm³/mol. The van der Waals surface area contributed by atoms with Crippen molar-refractivity contribution >= 4 is 9.39 Å². The molecule has 0 aromatic rings. The Hall–Kier alpha value is 0.310. The molecule has 0 radical (unpaired) electrons. The van der Waals surface area contributed by atoms with E-state index in [0.717, 1.165) is 12.0 Å². The average Bonchev–Trinajstić information content (AvgIpc) is 2.33. The molecule has 3 nitrogen and oxygen atoms in total. The molecule has 0 aromatic heterocycles. The molecule has 16 heavy (non-hydrogen) atoms. The van der Waals surface area contributed by atoms with E-state index in [4.69, 9.17) is 0 Å². The van der Waals surface area contributed by atoms with Crippen LogP contribution >= 0.6 is 9.39 Å². The number of likely N-dealkylation sites (tertiary alicyclic amines) is 1. The van der Waals surface area contributed by atoms with Crippen molar-refractivity contribution in [2.75, 3.05) is 32.7 Å². The maximum atomic E-state index is 3.65. The molecule has 0 aromatic carbocycles. The molecule has 0 bridgehead atoms. The van der Waals surface area contributed by atoms with Crippen molar-refractivity contribution in [3.8, 4) is 0 Å². The fourth-order valence-electron chi connectivity index (χ4n) is 2.93. The molecule has 2 heterocycles. The number of nitrogens with zero attached hydrogens (tertiary/aromatic N) is 1. The van der Waals surface area contributed by atoms with Gasteiger partial charge in [0.25, 0.3) is 0 Å². The smallest absolute Gasteiger partial charge is 0.0195 e. The lowest BCUT2D eigenvalue weighted by Gasteiger charge is -2.35. The molecule has 2 N–H and O–H groups in total. The van der Waals surface area contributed by atoms with Crippen molar-refractivity contribution in [2.24, 2.45) is 5.92 Å². The van der Waals surface area contributed by atoms with Gasteiger partial charge in [0, 0.05) is 19.1 Å². The lowest BCUT2D eigenvalue weighted by molar-refractivity contribution is 0.161. The molecule has 2 rings (SSSR count). The second-order valence-corrected chi connectivity index (χ2v) is 5.71. The highest BCUT2D eigenvalue weighted by Gasteiger charge is 2.21. The predicted octanol–water partition coefficient (Wildman–Crippen LogP) is 1.22. The summed E-state index contributed by atoms with van der Waals surface area (Å²) in [4.78, 5) is 2.66. The summed E-state index contributed by atoms with van der Waals surface area (Å²) in [5.74, 6) is 0.896. The number of rotatable bonds is 4. The van der Waals surface area contributed by atoms with Crippen LogP contribution in [0.2, 0.25) is 0 Å². The molecule has 2 unspecified atom stereocenters. The van der Waals surface area contributed by atoms with Crippen molar-refractivity contribution in [3.63, 3.8) is 0 Å². The molecular formula is C12H26N3P. The number of nitrogens with one attached hydrogen (secondary N) is 2. The molecule has 2 atom stereocenters. The minimum absolute atomic E-state index is 0.769. The summed E-state index contributed by atoms with van der Waals surface area (Å²) in [6.45, 7) is 6.28. The van der Waals surface area contributed by atoms with E-state index in [0.29, 0.717) is 0 Å². The molecule has 0 spiro atoms. The zero-order chi connectivity index (χ0) is 11.2. The number of piperidine rings is 2. The fraction of sp³-hybridized carbons (Fsp3) is 1.00. The highest BCUT2D eigenvalue weighted by molar-refractivity contribution is 7.13. The molecular weight excluding hydrogens is 217 g/mol. The van der Waals surface area contributed by atoms with Crippen molar-refractivity contribution in [2.45, 2.75) is 38.1 Å². The van der Waals surface area contributed by atoms with Gasteiger partial charge >= 0.3 is 0 Å². The van der Waals surface area contributed by atoms with Gasteiger partial charge in [0.15, 0.2) is 0 Å². The Morgan fingerprint density at radius 2 is 2.00 bits per heavy atom. The van der Waals surface area contributed by atoms with Crippen molar-refractivity contribution in [1.82, 2.24) is 15.3 Å². The summed E-state index contributed by atoms with van der Waals surface area (Å²) >= 11 is 0. The molecule has 94 valence electrons.